The standard InChI is InChI=1S/C12H12N2O2S/c1-2-16-11(15)9-5-3-4-6-10(9)14-12-13-7-8-17-12/h3-8H,2H2,1H3,(H,13,14). The first-order valence-electron chi connectivity index (χ1n) is 5.24. The van der Waals surface area contributed by atoms with E-state index in [2.05, 4.69) is 10.3 Å². The lowest BCUT2D eigenvalue weighted by Crippen LogP contribution is -2.07. The Morgan fingerprint density at radius 2 is 2.29 bits per heavy atom. The summed E-state index contributed by atoms with van der Waals surface area (Å²) in [4.78, 5) is 15.8. The summed E-state index contributed by atoms with van der Waals surface area (Å²) in [7, 11) is 0. The van der Waals surface area contributed by atoms with Crippen molar-refractivity contribution in [3.63, 3.8) is 0 Å². The highest BCUT2D eigenvalue weighted by molar-refractivity contribution is 7.13. The normalized spacial score (nSPS) is 9.94. The number of rotatable bonds is 4. The van der Waals surface area contributed by atoms with Gasteiger partial charge in [-0.25, -0.2) is 9.78 Å². The van der Waals surface area contributed by atoms with Crippen LogP contribution in [0.1, 0.15) is 17.3 Å². The number of thiazole rings is 1. The van der Waals surface area contributed by atoms with Crippen LogP contribution in [-0.2, 0) is 4.74 Å². The molecule has 1 aromatic heterocycles. The predicted molar refractivity (Wildman–Crippen MR) is 67.8 cm³/mol. The molecule has 0 spiro atoms. The number of anilines is 2. The van der Waals surface area contributed by atoms with E-state index in [1.807, 2.05) is 17.5 Å². The number of benzene rings is 1. The summed E-state index contributed by atoms with van der Waals surface area (Å²) in [6, 6.07) is 7.22. The van der Waals surface area contributed by atoms with Crippen molar-refractivity contribution in [2.45, 2.75) is 6.92 Å². The van der Waals surface area contributed by atoms with E-state index in [-0.39, 0.29) is 5.97 Å². The lowest BCUT2D eigenvalue weighted by atomic mass is 10.2. The minimum absolute atomic E-state index is 0.327. The molecule has 0 aliphatic carbocycles. The number of nitrogens with one attached hydrogen (secondary N) is 1. The molecule has 17 heavy (non-hydrogen) atoms. The Hall–Kier alpha value is -1.88. The van der Waals surface area contributed by atoms with Gasteiger partial charge < -0.3 is 10.1 Å². The Labute approximate surface area is 103 Å². The molecule has 0 fully saturated rings. The second-order valence-corrected chi connectivity index (χ2v) is 4.12. The van der Waals surface area contributed by atoms with E-state index in [0.717, 1.165) is 5.13 Å². The van der Waals surface area contributed by atoms with E-state index in [1.54, 1.807) is 25.3 Å². The van der Waals surface area contributed by atoms with E-state index in [1.165, 1.54) is 11.3 Å². The van der Waals surface area contributed by atoms with Gasteiger partial charge in [0.25, 0.3) is 0 Å². The largest absolute Gasteiger partial charge is 0.462 e. The maximum absolute atomic E-state index is 11.7. The van der Waals surface area contributed by atoms with Crippen molar-refractivity contribution in [1.29, 1.82) is 0 Å². The maximum atomic E-state index is 11.7. The van der Waals surface area contributed by atoms with Crippen molar-refractivity contribution in [2.75, 3.05) is 11.9 Å². The highest BCUT2D eigenvalue weighted by Crippen LogP contribution is 2.22. The smallest absolute Gasteiger partial charge is 0.340 e. The second kappa shape index (κ2) is 5.45. The number of hydrogen-bond acceptors (Lipinski definition) is 5. The summed E-state index contributed by atoms with van der Waals surface area (Å²) < 4.78 is 4.99. The molecule has 2 aromatic rings. The monoisotopic (exact) mass is 248 g/mol. The third-order valence-electron chi connectivity index (χ3n) is 2.10. The van der Waals surface area contributed by atoms with Gasteiger partial charge >= 0.3 is 5.97 Å². The Morgan fingerprint density at radius 1 is 1.47 bits per heavy atom. The number of esters is 1. The minimum atomic E-state index is -0.327. The molecule has 0 unspecified atom stereocenters. The molecule has 1 heterocycles. The summed E-state index contributed by atoms with van der Waals surface area (Å²) >= 11 is 1.48. The van der Waals surface area contributed by atoms with Crippen LogP contribution in [0.4, 0.5) is 10.8 Å². The summed E-state index contributed by atoms with van der Waals surface area (Å²) in [5, 5.41) is 5.72. The third kappa shape index (κ3) is 2.82. The molecule has 0 radical (unpaired) electrons. The zero-order chi connectivity index (χ0) is 12.1. The number of nitrogens with zero attached hydrogens (tertiary/aromatic N) is 1. The lowest BCUT2D eigenvalue weighted by molar-refractivity contribution is 0.0527. The first-order valence-corrected chi connectivity index (χ1v) is 6.12. The van der Waals surface area contributed by atoms with Crippen LogP contribution in [0, 0.1) is 0 Å². The van der Waals surface area contributed by atoms with Gasteiger partial charge in [-0.15, -0.1) is 11.3 Å². The molecule has 4 nitrogen and oxygen atoms in total. The third-order valence-corrected chi connectivity index (χ3v) is 2.78. The van der Waals surface area contributed by atoms with Gasteiger partial charge in [0.2, 0.25) is 0 Å². The molecular formula is C12H12N2O2S. The van der Waals surface area contributed by atoms with Crippen molar-refractivity contribution < 1.29 is 9.53 Å². The van der Waals surface area contributed by atoms with Gasteiger partial charge in [-0.05, 0) is 19.1 Å². The number of para-hydroxylation sites is 1. The van der Waals surface area contributed by atoms with Gasteiger partial charge in [-0.1, -0.05) is 12.1 Å². The Morgan fingerprint density at radius 3 is 3.00 bits per heavy atom. The van der Waals surface area contributed by atoms with Crippen LogP contribution in [0.2, 0.25) is 0 Å². The molecule has 0 aliphatic rings. The predicted octanol–water partition coefficient (Wildman–Crippen LogP) is 3.06. The number of carbonyl (C=O) groups is 1. The van der Waals surface area contributed by atoms with Crippen LogP contribution >= 0.6 is 11.3 Å². The van der Waals surface area contributed by atoms with E-state index in [9.17, 15) is 4.79 Å². The average Bonchev–Trinajstić information content (AvgIpc) is 2.83. The summed E-state index contributed by atoms with van der Waals surface area (Å²) in [5.74, 6) is -0.327. The SMILES string of the molecule is CCOC(=O)c1ccccc1Nc1nccs1. The highest BCUT2D eigenvalue weighted by Gasteiger charge is 2.12. The van der Waals surface area contributed by atoms with Crippen molar-refractivity contribution in [2.24, 2.45) is 0 Å². The summed E-state index contributed by atoms with van der Waals surface area (Å²) in [6.45, 7) is 2.15. The van der Waals surface area contributed by atoms with Crippen LogP contribution in [0.15, 0.2) is 35.8 Å². The summed E-state index contributed by atoms with van der Waals surface area (Å²) in [6.07, 6.45) is 1.71. The van der Waals surface area contributed by atoms with Gasteiger partial charge in [0, 0.05) is 11.6 Å². The second-order valence-electron chi connectivity index (χ2n) is 3.23. The Kier molecular flexibility index (Phi) is 3.72. The van der Waals surface area contributed by atoms with E-state index in [0.29, 0.717) is 17.9 Å². The Balaban J connectivity index is 2.24. The molecule has 5 heteroatoms. The van der Waals surface area contributed by atoms with Gasteiger partial charge in [0.1, 0.15) is 0 Å². The molecule has 0 amide bonds. The first-order chi connectivity index (χ1) is 8.31. The van der Waals surface area contributed by atoms with Crippen molar-refractivity contribution in [3.8, 4) is 0 Å². The fourth-order valence-corrected chi connectivity index (χ4v) is 1.92. The van der Waals surface area contributed by atoms with Crippen molar-refractivity contribution in [1.82, 2.24) is 4.98 Å². The molecule has 1 N–H and O–H groups in total. The van der Waals surface area contributed by atoms with Crippen molar-refractivity contribution >= 4 is 28.1 Å². The van der Waals surface area contributed by atoms with E-state index in [4.69, 9.17) is 4.74 Å². The minimum Gasteiger partial charge on any atom is -0.462 e. The number of ether oxygens (including phenoxy) is 1. The highest BCUT2D eigenvalue weighted by atomic mass is 32.1. The Bertz CT molecular complexity index is 497. The zero-order valence-corrected chi connectivity index (χ0v) is 10.2. The topological polar surface area (TPSA) is 51.2 Å². The number of aromatic nitrogens is 1. The van der Waals surface area contributed by atoms with Gasteiger partial charge in [0.05, 0.1) is 17.9 Å². The molecule has 0 atom stereocenters. The van der Waals surface area contributed by atoms with Crippen LogP contribution in [0.3, 0.4) is 0 Å². The molecule has 1 aromatic carbocycles. The number of carbonyl (C=O) groups excluding carboxylic acids is 1. The fraction of sp³-hybridized carbons (Fsp3) is 0.167. The molecular weight excluding hydrogens is 236 g/mol. The molecule has 88 valence electrons. The molecule has 0 aliphatic heterocycles. The quantitative estimate of drug-likeness (QED) is 0.845. The van der Waals surface area contributed by atoms with E-state index < -0.39 is 0 Å². The molecule has 2 rings (SSSR count). The molecule has 0 saturated carbocycles. The van der Waals surface area contributed by atoms with Gasteiger partial charge in [-0.2, -0.15) is 0 Å². The fourth-order valence-electron chi connectivity index (χ4n) is 1.38. The maximum Gasteiger partial charge on any atom is 0.340 e. The summed E-state index contributed by atoms with van der Waals surface area (Å²) in [5.41, 5.74) is 1.23. The molecule has 0 saturated heterocycles. The van der Waals surface area contributed by atoms with Crippen molar-refractivity contribution in [3.05, 3.63) is 41.4 Å². The van der Waals surface area contributed by atoms with Crippen LogP contribution in [0.5, 0.6) is 0 Å². The first kappa shape index (κ1) is 11.6. The van der Waals surface area contributed by atoms with E-state index >= 15 is 0 Å². The van der Waals surface area contributed by atoms with Crippen LogP contribution < -0.4 is 5.32 Å². The van der Waals surface area contributed by atoms with Crippen LogP contribution in [0.25, 0.3) is 0 Å². The lowest BCUT2D eigenvalue weighted by Gasteiger charge is -2.08. The van der Waals surface area contributed by atoms with Crippen LogP contribution in [-0.4, -0.2) is 17.6 Å². The number of hydrogen-bond donors (Lipinski definition) is 1. The zero-order valence-electron chi connectivity index (χ0n) is 9.34. The molecule has 0 bridgehead atoms. The van der Waals surface area contributed by atoms with Gasteiger partial charge in [0.15, 0.2) is 5.13 Å². The van der Waals surface area contributed by atoms with Gasteiger partial charge in [-0.3, -0.25) is 0 Å². The average molecular weight is 248 g/mol.